The first kappa shape index (κ1) is 19.6. The molecule has 1 N–H and O–H groups in total. The largest absolute Gasteiger partial charge is 0.352 e. The predicted molar refractivity (Wildman–Crippen MR) is 109 cm³/mol. The van der Waals surface area contributed by atoms with Crippen LogP contribution in [0.4, 0.5) is 0 Å². The van der Waals surface area contributed by atoms with Gasteiger partial charge in [0.25, 0.3) is 0 Å². The molecule has 3 aromatic rings. The van der Waals surface area contributed by atoms with Crippen molar-refractivity contribution in [3.8, 4) is 23.1 Å². The molecule has 0 aliphatic rings. The van der Waals surface area contributed by atoms with Crippen LogP contribution in [0.2, 0.25) is 0 Å². The molecule has 1 amide bonds. The Hall–Kier alpha value is -3.18. The van der Waals surface area contributed by atoms with Crippen LogP contribution in [-0.2, 0) is 11.3 Å². The number of nitrogens with zero attached hydrogens (tertiary/aromatic N) is 4. The van der Waals surface area contributed by atoms with Crippen molar-refractivity contribution in [1.82, 2.24) is 19.7 Å². The summed E-state index contributed by atoms with van der Waals surface area (Å²) in [5.41, 5.74) is 1.18. The van der Waals surface area contributed by atoms with Gasteiger partial charge in [-0.3, -0.25) is 9.36 Å². The molecule has 0 radical (unpaired) electrons. The van der Waals surface area contributed by atoms with Gasteiger partial charge in [-0.1, -0.05) is 28.1 Å². The van der Waals surface area contributed by atoms with Gasteiger partial charge in [0, 0.05) is 16.1 Å². The molecule has 0 bridgehead atoms. The van der Waals surface area contributed by atoms with Crippen LogP contribution in [-0.4, -0.2) is 26.3 Å². The molecule has 0 spiro atoms. The second-order valence-electron chi connectivity index (χ2n) is 6.50. The van der Waals surface area contributed by atoms with Gasteiger partial charge in [-0.15, -0.1) is 5.10 Å². The van der Waals surface area contributed by atoms with E-state index >= 15 is 0 Å². The van der Waals surface area contributed by atoms with Gasteiger partial charge in [-0.05, 0) is 50.2 Å². The van der Waals surface area contributed by atoms with Gasteiger partial charge < -0.3 is 5.32 Å². The van der Waals surface area contributed by atoms with Gasteiger partial charge >= 0.3 is 5.69 Å². The number of halogens is 1. The van der Waals surface area contributed by atoms with Crippen LogP contribution >= 0.6 is 15.9 Å². The lowest BCUT2D eigenvalue weighted by Gasteiger charge is -2.09. The van der Waals surface area contributed by atoms with Gasteiger partial charge in [0.05, 0.1) is 17.3 Å². The van der Waals surface area contributed by atoms with Crippen molar-refractivity contribution in [2.75, 3.05) is 0 Å². The number of amides is 1. The van der Waals surface area contributed by atoms with Crippen molar-refractivity contribution in [3.05, 3.63) is 69.1 Å². The highest BCUT2D eigenvalue weighted by Crippen LogP contribution is 2.19. The molecule has 0 unspecified atom stereocenters. The number of rotatable bonds is 5. The minimum atomic E-state index is -0.432. The third-order valence-electron chi connectivity index (χ3n) is 3.93. The van der Waals surface area contributed by atoms with E-state index in [0.29, 0.717) is 22.6 Å². The van der Waals surface area contributed by atoms with Crippen LogP contribution in [0.25, 0.3) is 17.1 Å². The van der Waals surface area contributed by atoms with Crippen molar-refractivity contribution < 1.29 is 4.79 Å². The van der Waals surface area contributed by atoms with Gasteiger partial charge in [-0.25, -0.2) is 4.79 Å². The second kappa shape index (κ2) is 8.23. The van der Waals surface area contributed by atoms with Gasteiger partial charge in [0.15, 0.2) is 5.82 Å². The summed E-state index contributed by atoms with van der Waals surface area (Å²) in [6.45, 7) is 3.53. The molecule has 0 aliphatic heterocycles. The fourth-order valence-electron chi connectivity index (χ4n) is 2.74. The summed E-state index contributed by atoms with van der Waals surface area (Å²) in [6.07, 6.45) is 0. The molecular weight excluding hydrogens is 422 g/mol. The van der Waals surface area contributed by atoms with Crippen LogP contribution in [0.1, 0.15) is 19.4 Å². The SMILES string of the molecule is CC(C)NC(=O)Cn1c(-c2cccc(C#N)c2)nn(-c2ccc(Br)cc2)c1=O. The Morgan fingerprint density at radius 1 is 1.25 bits per heavy atom. The topological polar surface area (TPSA) is 92.7 Å². The zero-order valence-electron chi connectivity index (χ0n) is 15.4. The molecule has 8 heteroatoms. The van der Waals surface area contributed by atoms with Gasteiger partial charge in [0.2, 0.25) is 5.91 Å². The van der Waals surface area contributed by atoms with Gasteiger partial charge in [-0.2, -0.15) is 9.94 Å². The fraction of sp³-hybridized carbons (Fsp3) is 0.200. The van der Waals surface area contributed by atoms with E-state index < -0.39 is 5.69 Å². The third kappa shape index (κ3) is 4.21. The van der Waals surface area contributed by atoms with Crippen LogP contribution < -0.4 is 11.0 Å². The maximum atomic E-state index is 13.0. The summed E-state index contributed by atoms with van der Waals surface area (Å²) in [7, 11) is 0. The molecule has 3 rings (SSSR count). The number of aromatic nitrogens is 3. The Bertz CT molecular complexity index is 1110. The molecule has 0 aliphatic carbocycles. The smallest absolute Gasteiger partial charge is 0.351 e. The zero-order chi connectivity index (χ0) is 20.3. The Morgan fingerprint density at radius 2 is 1.96 bits per heavy atom. The molecule has 0 atom stereocenters. The minimum Gasteiger partial charge on any atom is -0.352 e. The van der Waals surface area contributed by atoms with Crippen molar-refractivity contribution in [3.63, 3.8) is 0 Å². The molecular formula is C20H18BrN5O2. The number of nitriles is 1. The lowest BCUT2D eigenvalue weighted by molar-refractivity contribution is -0.122. The predicted octanol–water partition coefficient (Wildman–Crippen LogP) is 2.86. The minimum absolute atomic E-state index is 0.0462. The highest BCUT2D eigenvalue weighted by Gasteiger charge is 2.19. The number of carbonyl (C=O) groups excluding carboxylic acids is 1. The van der Waals surface area contributed by atoms with Crippen LogP contribution in [0.5, 0.6) is 0 Å². The lowest BCUT2D eigenvalue weighted by atomic mass is 10.1. The Balaban J connectivity index is 2.14. The standard InChI is InChI=1S/C20H18BrN5O2/c1-13(2)23-18(27)12-25-19(15-5-3-4-14(10-15)11-22)24-26(20(25)28)17-8-6-16(21)7-9-17/h3-10,13H,12H2,1-2H3,(H,23,27). The van der Waals surface area contributed by atoms with E-state index in [1.807, 2.05) is 26.0 Å². The number of hydrogen-bond donors (Lipinski definition) is 1. The fourth-order valence-corrected chi connectivity index (χ4v) is 3.01. The first-order valence-electron chi connectivity index (χ1n) is 8.64. The summed E-state index contributed by atoms with van der Waals surface area (Å²) in [6, 6.07) is 15.9. The van der Waals surface area contributed by atoms with Crippen LogP contribution in [0.15, 0.2) is 57.8 Å². The van der Waals surface area contributed by atoms with E-state index in [1.165, 1.54) is 9.25 Å². The maximum absolute atomic E-state index is 13.0. The summed E-state index contributed by atoms with van der Waals surface area (Å²) in [5, 5.41) is 16.4. The summed E-state index contributed by atoms with van der Waals surface area (Å²) >= 11 is 3.37. The van der Waals surface area contributed by atoms with Crippen LogP contribution in [0, 0.1) is 11.3 Å². The average molecular weight is 440 g/mol. The summed E-state index contributed by atoms with van der Waals surface area (Å²) in [5.74, 6) is 0.0362. The number of hydrogen-bond acceptors (Lipinski definition) is 4. The molecule has 142 valence electrons. The lowest BCUT2D eigenvalue weighted by Crippen LogP contribution is -2.36. The summed E-state index contributed by atoms with van der Waals surface area (Å²) < 4.78 is 3.45. The maximum Gasteiger partial charge on any atom is 0.351 e. The van der Waals surface area contributed by atoms with E-state index in [0.717, 1.165) is 4.47 Å². The normalized spacial score (nSPS) is 10.7. The number of nitrogens with one attached hydrogen (secondary N) is 1. The van der Waals surface area contributed by atoms with E-state index in [-0.39, 0.29) is 18.5 Å². The average Bonchev–Trinajstić information content (AvgIpc) is 2.98. The molecule has 0 fully saturated rings. The molecule has 0 saturated heterocycles. The Kier molecular flexibility index (Phi) is 5.76. The van der Waals surface area contributed by atoms with Crippen LogP contribution in [0.3, 0.4) is 0 Å². The van der Waals surface area contributed by atoms with Crippen molar-refractivity contribution in [1.29, 1.82) is 5.26 Å². The molecule has 1 aromatic heterocycles. The van der Waals surface area contributed by atoms with Crippen molar-refractivity contribution in [2.24, 2.45) is 0 Å². The molecule has 1 heterocycles. The highest BCUT2D eigenvalue weighted by molar-refractivity contribution is 9.10. The number of carbonyl (C=O) groups is 1. The Morgan fingerprint density at radius 3 is 2.61 bits per heavy atom. The zero-order valence-corrected chi connectivity index (χ0v) is 17.0. The first-order valence-corrected chi connectivity index (χ1v) is 9.44. The van der Waals surface area contributed by atoms with E-state index in [2.05, 4.69) is 32.4 Å². The van der Waals surface area contributed by atoms with E-state index in [4.69, 9.17) is 0 Å². The molecule has 0 saturated carbocycles. The first-order chi connectivity index (χ1) is 13.4. The third-order valence-corrected chi connectivity index (χ3v) is 4.46. The highest BCUT2D eigenvalue weighted by atomic mass is 79.9. The molecule has 28 heavy (non-hydrogen) atoms. The monoisotopic (exact) mass is 439 g/mol. The van der Waals surface area contributed by atoms with Crippen molar-refractivity contribution in [2.45, 2.75) is 26.4 Å². The summed E-state index contributed by atoms with van der Waals surface area (Å²) in [4.78, 5) is 25.3. The van der Waals surface area contributed by atoms with E-state index in [9.17, 15) is 14.9 Å². The quantitative estimate of drug-likeness (QED) is 0.661. The van der Waals surface area contributed by atoms with Crippen molar-refractivity contribution >= 4 is 21.8 Å². The molecule has 2 aromatic carbocycles. The molecule has 7 nitrogen and oxygen atoms in total. The number of benzene rings is 2. The Labute approximate surface area is 170 Å². The van der Waals surface area contributed by atoms with Gasteiger partial charge in [0.1, 0.15) is 6.54 Å². The van der Waals surface area contributed by atoms with E-state index in [1.54, 1.807) is 36.4 Å². The second-order valence-corrected chi connectivity index (χ2v) is 7.41.